The molecule has 1 nitrogen and oxygen atoms in total. The largest absolute Gasteiger partial charge is 0.396 e. The molecule has 77 valence electrons. The summed E-state index contributed by atoms with van der Waals surface area (Å²) >= 11 is 0. The zero-order chi connectivity index (χ0) is 11.3. The molecule has 15 heavy (non-hydrogen) atoms. The Balaban J connectivity index is 3.31. The van der Waals surface area contributed by atoms with Crippen LogP contribution in [0.3, 0.4) is 0 Å². The molecule has 0 aliphatic carbocycles. The predicted octanol–water partition coefficient (Wildman–Crippen LogP) is 1.72. The highest BCUT2D eigenvalue weighted by Gasteiger charge is 2.01. The number of hydrogen-bond donors (Lipinski definition) is 0. The zero-order valence-electron chi connectivity index (χ0n) is 9.48. The van der Waals surface area contributed by atoms with Gasteiger partial charge in [0.25, 0.3) is 7.41 Å². The number of allylic oxidation sites excluding steroid dienone is 2. The fraction of sp³-hybridized carbons (Fsp3) is 0.231. The summed E-state index contributed by atoms with van der Waals surface area (Å²) in [5.41, 5.74) is 0. The van der Waals surface area contributed by atoms with Crippen LogP contribution in [0.5, 0.6) is 0 Å². The minimum absolute atomic E-state index is 0.519. The maximum atomic E-state index is 3.73. The van der Waals surface area contributed by atoms with Crippen molar-refractivity contribution in [3.8, 4) is 0 Å². The van der Waals surface area contributed by atoms with Gasteiger partial charge < -0.3 is 4.48 Å². The normalized spacial score (nSPS) is 13.3. The maximum absolute atomic E-state index is 3.73. The first-order chi connectivity index (χ1) is 7.19. The molecule has 1 radical (unpaired) electrons. The van der Waals surface area contributed by atoms with Crippen molar-refractivity contribution in [1.82, 2.24) is 4.48 Å². The van der Waals surface area contributed by atoms with Crippen LogP contribution in [0.4, 0.5) is 0 Å². The molecule has 0 aliphatic heterocycles. The zero-order valence-corrected chi connectivity index (χ0v) is 9.48. The Morgan fingerprint density at radius 3 is 2.47 bits per heavy atom. The van der Waals surface area contributed by atoms with Gasteiger partial charge in [0.15, 0.2) is 0 Å². The molecule has 0 bridgehead atoms. The molecule has 1 heterocycles. The molecule has 0 spiro atoms. The molecule has 0 aliphatic rings. The van der Waals surface area contributed by atoms with E-state index in [0.717, 1.165) is 5.35 Å². The average molecular weight is 198 g/mol. The monoisotopic (exact) mass is 198 g/mol. The van der Waals surface area contributed by atoms with E-state index in [9.17, 15) is 0 Å². The van der Waals surface area contributed by atoms with Crippen molar-refractivity contribution in [2.24, 2.45) is 0 Å². The van der Waals surface area contributed by atoms with Crippen LogP contribution in [0.25, 0.3) is 12.2 Å². The van der Waals surface area contributed by atoms with Gasteiger partial charge in [-0.3, -0.25) is 0 Å². The van der Waals surface area contributed by atoms with Crippen LogP contribution in [0.2, 0.25) is 5.82 Å². The molecule has 0 aromatic carbocycles. The Labute approximate surface area is 92.4 Å². The molecule has 1 aromatic rings. The van der Waals surface area contributed by atoms with Gasteiger partial charge in [-0.2, -0.15) is 0 Å². The highest BCUT2D eigenvalue weighted by atomic mass is 14.8. The van der Waals surface area contributed by atoms with Crippen molar-refractivity contribution in [1.29, 1.82) is 0 Å². The van der Waals surface area contributed by atoms with Gasteiger partial charge >= 0.3 is 0 Å². The van der Waals surface area contributed by atoms with E-state index in [1.165, 1.54) is 5.22 Å². The number of hydrogen-bond acceptors (Lipinski definition) is 0. The smallest absolute Gasteiger partial charge is 0.254 e. The minimum Gasteiger partial charge on any atom is -0.396 e. The van der Waals surface area contributed by atoms with E-state index in [4.69, 9.17) is 0 Å². The van der Waals surface area contributed by atoms with Crippen LogP contribution >= 0.6 is 0 Å². The van der Waals surface area contributed by atoms with E-state index in [-0.39, 0.29) is 0 Å². The van der Waals surface area contributed by atoms with Gasteiger partial charge in [0.05, 0.1) is 0 Å². The standard InChI is InChI=1S/C13H17BN/c1-5-7-12-9-10-15(14-11(3)4)13(12)8-6-2/h5-11H,1-2H2,3-4H3/b12-7-,13-8+. The van der Waals surface area contributed by atoms with Gasteiger partial charge in [-0.15, -0.1) is 0 Å². The van der Waals surface area contributed by atoms with E-state index in [1.807, 2.05) is 12.2 Å². The predicted molar refractivity (Wildman–Crippen MR) is 69.3 cm³/mol. The second-order valence-corrected chi connectivity index (χ2v) is 3.76. The molecule has 1 rings (SSSR count). The van der Waals surface area contributed by atoms with Crippen LogP contribution in [-0.2, 0) is 0 Å². The molecule has 0 N–H and O–H groups in total. The lowest BCUT2D eigenvalue weighted by Gasteiger charge is -2.03. The Morgan fingerprint density at radius 1 is 1.27 bits per heavy atom. The van der Waals surface area contributed by atoms with Crippen molar-refractivity contribution in [2.45, 2.75) is 19.7 Å². The van der Waals surface area contributed by atoms with Gasteiger partial charge in [-0.1, -0.05) is 51.1 Å². The number of aromatic nitrogens is 1. The van der Waals surface area contributed by atoms with Gasteiger partial charge in [0, 0.05) is 5.35 Å². The molecule has 0 atom stereocenters. The first-order valence-corrected chi connectivity index (χ1v) is 5.16. The minimum atomic E-state index is 0.519. The lowest BCUT2D eigenvalue weighted by Crippen LogP contribution is -2.31. The summed E-state index contributed by atoms with van der Waals surface area (Å²) in [5.74, 6) is 0.519. The topological polar surface area (TPSA) is 4.93 Å². The van der Waals surface area contributed by atoms with Crippen LogP contribution < -0.4 is 10.6 Å². The van der Waals surface area contributed by atoms with Crippen molar-refractivity contribution in [3.63, 3.8) is 0 Å². The Hall–Kier alpha value is -1.44. The average Bonchev–Trinajstić information content (AvgIpc) is 2.51. The van der Waals surface area contributed by atoms with Crippen LogP contribution in [-0.4, -0.2) is 11.9 Å². The Morgan fingerprint density at radius 2 is 1.93 bits per heavy atom. The first-order valence-electron chi connectivity index (χ1n) is 5.16. The molecular weight excluding hydrogens is 181 g/mol. The van der Waals surface area contributed by atoms with Crippen LogP contribution in [0, 0.1) is 0 Å². The lowest BCUT2D eigenvalue weighted by molar-refractivity contribution is 1.00. The quantitative estimate of drug-likeness (QED) is 0.649. The summed E-state index contributed by atoms with van der Waals surface area (Å²) in [5, 5.41) is 2.32. The number of nitrogens with zero attached hydrogens (tertiary/aromatic N) is 1. The molecule has 0 unspecified atom stereocenters. The van der Waals surface area contributed by atoms with E-state index in [1.54, 1.807) is 12.2 Å². The third-order valence-electron chi connectivity index (χ3n) is 2.02. The summed E-state index contributed by atoms with van der Waals surface area (Å²) in [6, 6.07) is 2.08. The fourth-order valence-electron chi connectivity index (χ4n) is 1.49. The van der Waals surface area contributed by atoms with E-state index in [0.29, 0.717) is 5.82 Å². The van der Waals surface area contributed by atoms with Crippen molar-refractivity contribution < 1.29 is 0 Å². The Kier molecular flexibility index (Phi) is 4.23. The molecule has 1 aromatic heterocycles. The van der Waals surface area contributed by atoms with Crippen LogP contribution in [0.15, 0.2) is 37.6 Å². The van der Waals surface area contributed by atoms with Gasteiger partial charge in [0.1, 0.15) is 0 Å². The molecule has 0 saturated heterocycles. The van der Waals surface area contributed by atoms with E-state index >= 15 is 0 Å². The maximum Gasteiger partial charge on any atom is 0.254 e. The summed E-state index contributed by atoms with van der Waals surface area (Å²) in [4.78, 5) is 0. The number of rotatable bonds is 4. The van der Waals surface area contributed by atoms with E-state index in [2.05, 4.69) is 51.2 Å². The second kappa shape index (κ2) is 5.45. The Bertz CT molecular complexity index is 451. The third-order valence-corrected chi connectivity index (χ3v) is 2.02. The molecule has 0 fully saturated rings. The summed E-state index contributed by atoms with van der Waals surface area (Å²) in [6.45, 7) is 11.8. The molecular formula is C13H17BN. The summed E-state index contributed by atoms with van der Waals surface area (Å²) in [6.07, 6.45) is 9.68. The van der Waals surface area contributed by atoms with Gasteiger partial charge in [-0.25, -0.2) is 0 Å². The molecule has 2 heteroatoms. The SMILES string of the molecule is C=C/C=c1/ccn([B]C(C)C)/c1=C/C=C. The second-order valence-electron chi connectivity index (χ2n) is 3.76. The third kappa shape index (κ3) is 3.02. The molecule has 0 amide bonds. The van der Waals surface area contributed by atoms with Crippen LogP contribution in [0.1, 0.15) is 13.8 Å². The van der Waals surface area contributed by atoms with Gasteiger partial charge in [0.2, 0.25) is 0 Å². The first kappa shape index (κ1) is 11.6. The van der Waals surface area contributed by atoms with Crippen molar-refractivity contribution in [3.05, 3.63) is 48.1 Å². The van der Waals surface area contributed by atoms with Crippen molar-refractivity contribution in [2.75, 3.05) is 0 Å². The summed E-state index contributed by atoms with van der Waals surface area (Å²) < 4.78 is 2.13. The fourth-order valence-corrected chi connectivity index (χ4v) is 1.49. The van der Waals surface area contributed by atoms with Gasteiger partial charge in [-0.05, 0) is 23.6 Å². The van der Waals surface area contributed by atoms with E-state index < -0.39 is 0 Å². The van der Waals surface area contributed by atoms with Crippen molar-refractivity contribution >= 4 is 19.6 Å². The highest BCUT2D eigenvalue weighted by Crippen LogP contribution is 1.96. The molecule has 0 saturated carbocycles. The lowest BCUT2D eigenvalue weighted by atomic mass is 9.78. The summed E-state index contributed by atoms with van der Waals surface area (Å²) in [7, 11) is 2.18. The highest BCUT2D eigenvalue weighted by molar-refractivity contribution is 6.35.